The molecule has 0 N–H and O–H groups in total. The summed E-state index contributed by atoms with van der Waals surface area (Å²) in [6, 6.07) is 0. The molecule has 0 bridgehead atoms. The van der Waals surface area contributed by atoms with Crippen molar-refractivity contribution < 1.29 is 0 Å². The second-order valence-corrected chi connectivity index (χ2v) is 7.73. The fourth-order valence-electron chi connectivity index (χ4n) is 4.49. The van der Waals surface area contributed by atoms with Crippen LogP contribution in [0.1, 0.15) is 86.0 Å². The lowest BCUT2D eigenvalue weighted by atomic mass is 9.86. The van der Waals surface area contributed by atoms with E-state index in [2.05, 4.69) is 24.0 Å². The maximum absolute atomic E-state index is 2.58. The van der Waals surface area contributed by atoms with Crippen molar-refractivity contribution >= 4 is 13.8 Å². The second kappa shape index (κ2) is 5.57. The van der Waals surface area contributed by atoms with E-state index in [1.165, 1.54) is 66.0 Å². The number of allylic oxidation sites excluding steroid dienone is 4. The average molecular weight is 283 g/mol. The fraction of sp³-hybridized carbons (Fsp3) is 0.579. The second-order valence-electron chi connectivity index (χ2n) is 6.76. The zero-order valence-electron chi connectivity index (χ0n) is 12.3. The van der Waals surface area contributed by atoms with E-state index < -0.39 is 0 Å². The smallest absolute Gasteiger partial charge is 0.0114 e. The van der Waals surface area contributed by atoms with Crippen LogP contribution in [0.2, 0.25) is 0 Å². The Morgan fingerprint density at radius 2 is 1.60 bits per heavy atom. The van der Waals surface area contributed by atoms with E-state index in [-0.39, 0.29) is 0 Å². The van der Waals surface area contributed by atoms with Crippen LogP contribution in [-0.4, -0.2) is 0 Å². The lowest BCUT2D eigenvalue weighted by Crippen LogP contribution is -2.02. The van der Waals surface area contributed by atoms with Crippen molar-refractivity contribution in [1.29, 1.82) is 0 Å². The zero-order valence-corrected chi connectivity index (χ0v) is 13.2. The summed E-state index contributed by atoms with van der Waals surface area (Å²) >= 11 is 0. The highest BCUT2D eigenvalue weighted by Crippen LogP contribution is 2.50. The minimum absolute atomic E-state index is 0.883. The molecule has 0 radical (unpaired) electrons. The van der Waals surface area contributed by atoms with Crippen molar-refractivity contribution in [2.24, 2.45) is 0 Å². The van der Waals surface area contributed by atoms with Crippen molar-refractivity contribution in [3.8, 4) is 0 Å². The highest BCUT2D eigenvalue weighted by molar-refractivity contribution is 7.31. The molecule has 0 spiro atoms. The highest BCUT2D eigenvalue weighted by Gasteiger charge is 2.26. The van der Waals surface area contributed by atoms with Crippen LogP contribution < -0.4 is 0 Å². The number of hydrogen-bond donors (Lipinski definition) is 0. The minimum atomic E-state index is 0.883. The molecule has 1 heterocycles. The molecule has 1 aromatic heterocycles. The Kier molecular flexibility index (Phi) is 3.61. The molecule has 20 heavy (non-hydrogen) atoms. The van der Waals surface area contributed by atoms with E-state index in [1.807, 2.05) is 5.56 Å². The van der Waals surface area contributed by atoms with Gasteiger partial charge in [-0.25, -0.2) is 5.80 Å². The summed E-state index contributed by atoms with van der Waals surface area (Å²) < 4.78 is 0. The molecule has 0 aliphatic heterocycles. The van der Waals surface area contributed by atoms with Gasteiger partial charge in [0, 0.05) is 0 Å². The van der Waals surface area contributed by atoms with Gasteiger partial charge < -0.3 is 8.19 Å². The first kappa shape index (κ1) is 13.0. The summed E-state index contributed by atoms with van der Waals surface area (Å²) in [5.41, 5.74) is 5.20. The molecule has 0 aromatic carbocycles. The molecule has 4 rings (SSSR count). The predicted molar refractivity (Wildman–Crippen MR) is 88.7 cm³/mol. The molecule has 2 fully saturated rings. The topological polar surface area (TPSA) is 0 Å². The lowest BCUT2D eigenvalue weighted by Gasteiger charge is -2.23. The van der Waals surface area contributed by atoms with Crippen LogP contribution in [0.5, 0.6) is 0 Å². The first-order valence-electron chi connectivity index (χ1n) is 8.45. The standard InChI is InChI=1S/C19H24P/c1-2-8-14(7-1)17-13-20-19(16-11-5-6-12-16)18(17)15-9-3-4-10-15/h5-6,11,13-15H,1-4,7-10,12H2/q-1. The van der Waals surface area contributed by atoms with Crippen molar-refractivity contribution in [1.82, 2.24) is 0 Å². The lowest BCUT2D eigenvalue weighted by molar-refractivity contribution is 0.668. The van der Waals surface area contributed by atoms with Gasteiger partial charge in [0.05, 0.1) is 0 Å². The third-order valence-electron chi connectivity index (χ3n) is 5.53. The van der Waals surface area contributed by atoms with E-state index >= 15 is 0 Å². The van der Waals surface area contributed by atoms with Gasteiger partial charge in [-0.1, -0.05) is 60.6 Å². The largest absolute Gasteiger partial charge is 0.523 e. The molecule has 0 unspecified atom stereocenters. The van der Waals surface area contributed by atoms with Crippen LogP contribution in [0.4, 0.5) is 0 Å². The van der Waals surface area contributed by atoms with Gasteiger partial charge >= 0.3 is 0 Å². The molecule has 3 aliphatic carbocycles. The van der Waals surface area contributed by atoms with Crippen LogP contribution in [-0.2, 0) is 0 Å². The van der Waals surface area contributed by atoms with Crippen LogP contribution in [0.25, 0.3) is 5.57 Å². The van der Waals surface area contributed by atoms with Gasteiger partial charge in [0.2, 0.25) is 0 Å². The zero-order chi connectivity index (χ0) is 13.4. The van der Waals surface area contributed by atoms with Gasteiger partial charge in [0.15, 0.2) is 0 Å². The van der Waals surface area contributed by atoms with Crippen molar-refractivity contribution in [2.75, 3.05) is 0 Å². The van der Waals surface area contributed by atoms with E-state index in [9.17, 15) is 0 Å². The molecule has 1 aromatic rings. The van der Waals surface area contributed by atoms with E-state index in [4.69, 9.17) is 0 Å². The van der Waals surface area contributed by atoms with Crippen molar-refractivity contribution in [2.45, 2.75) is 69.6 Å². The Morgan fingerprint density at radius 1 is 0.900 bits per heavy atom. The van der Waals surface area contributed by atoms with Crippen LogP contribution in [0, 0.1) is 0 Å². The summed E-state index contributed by atoms with van der Waals surface area (Å²) in [7, 11) is 1.50. The molecule has 0 nitrogen and oxygen atoms in total. The molecule has 106 valence electrons. The average Bonchev–Trinajstić information content (AvgIpc) is 3.23. The monoisotopic (exact) mass is 283 g/mol. The first-order valence-corrected chi connectivity index (χ1v) is 9.41. The Labute approximate surface area is 124 Å². The Bertz CT molecular complexity index is 534. The van der Waals surface area contributed by atoms with Gasteiger partial charge in [-0.3, -0.25) is 0 Å². The normalized spacial score (nSPS) is 24.3. The molecule has 3 aliphatic rings. The summed E-state index contributed by atoms with van der Waals surface area (Å²) in [6.45, 7) is 0. The minimum Gasteiger partial charge on any atom is -0.523 e. The molecular weight excluding hydrogens is 259 g/mol. The molecule has 1 heteroatoms. The third-order valence-corrected chi connectivity index (χ3v) is 6.73. The predicted octanol–water partition coefficient (Wildman–Crippen LogP) is 6.64. The Morgan fingerprint density at radius 3 is 2.25 bits per heavy atom. The summed E-state index contributed by atoms with van der Waals surface area (Å²) in [5.74, 6) is 4.36. The van der Waals surface area contributed by atoms with Crippen molar-refractivity contribution in [3.05, 3.63) is 40.4 Å². The number of rotatable bonds is 3. The Balaban J connectivity index is 1.74. The first-order chi connectivity index (χ1) is 9.93. The van der Waals surface area contributed by atoms with Crippen LogP contribution in [0.15, 0.2) is 24.0 Å². The van der Waals surface area contributed by atoms with E-state index in [1.54, 1.807) is 16.4 Å². The van der Waals surface area contributed by atoms with Gasteiger partial charge in [-0.2, -0.15) is 5.30 Å². The van der Waals surface area contributed by atoms with Crippen molar-refractivity contribution in [3.63, 3.8) is 0 Å². The number of hydrogen-bond acceptors (Lipinski definition) is 0. The van der Waals surface area contributed by atoms with Gasteiger partial charge in [0.25, 0.3) is 0 Å². The molecular formula is C19H24P-. The summed E-state index contributed by atoms with van der Waals surface area (Å²) in [6.07, 6.45) is 19.7. The SMILES string of the molecule is C1=CCC(c2[p-]cc(C3CCCC3)c2C2CCCC2)=C1. The quantitative estimate of drug-likeness (QED) is 0.583. The third kappa shape index (κ3) is 2.23. The Hall–Kier alpha value is -0.740. The van der Waals surface area contributed by atoms with Crippen LogP contribution in [0.3, 0.4) is 0 Å². The molecule has 2 saturated carbocycles. The van der Waals surface area contributed by atoms with E-state index in [0.29, 0.717) is 0 Å². The maximum atomic E-state index is 2.58. The van der Waals surface area contributed by atoms with Gasteiger partial charge in [-0.05, 0) is 43.9 Å². The van der Waals surface area contributed by atoms with Crippen LogP contribution >= 0.6 is 8.19 Å². The van der Waals surface area contributed by atoms with E-state index in [0.717, 1.165) is 11.8 Å². The molecule has 0 saturated heterocycles. The summed E-state index contributed by atoms with van der Waals surface area (Å²) in [5, 5.41) is 1.70. The van der Waals surface area contributed by atoms with Gasteiger partial charge in [0.1, 0.15) is 0 Å². The maximum Gasteiger partial charge on any atom is -0.0114 e. The molecule has 0 amide bonds. The van der Waals surface area contributed by atoms with Gasteiger partial charge in [-0.15, -0.1) is 0 Å². The summed E-state index contributed by atoms with van der Waals surface area (Å²) in [4.78, 5) is 0. The highest BCUT2D eigenvalue weighted by atomic mass is 31.0. The molecule has 0 atom stereocenters. The fourth-order valence-corrected chi connectivity index (χ4v) is 5.89.